The Morgan fingerprint density at radius 1 is 1.36 bits per heavy atom. The minimum absolute atomic E-state index is 0.370. The van der Waals surface area contributed by atoms with Gasteiger partial charge in [0, 0.05) is 13.7 Å². The first-order valence-corrected chi connectivity index (χ1v) is 3.73. The van der Waals surface area contributed by atoms with Crippen molar-refractivity contribution in [2.45, 2.75) is 6.10 Å². The molecule has 0 saturated carbocycles. The summed E-state index contributed by atoms with van der Waals surface area (Å²) in [7, 11) is 3.36. The van der Waals surface area contributed by atoms with Crippen LogP contribution in [0.15, 0.2) is 0 Å². The molecule has 0 aliphatic rings. The molecule has 0 aliphatic carbocycles. The average Bonchev–Trinajstić information content (AvgIpc) is 2.06. The van der Waals surface area contributed by atoms with E-state index in [9.17, 15) is 0 Å². The predicted molar refractivity (Wildman–Crippen MR) is 47.1 cm³/mol. The van der Waals surface area contributed by atoms with Crippen LogP contribution in [0, 0.1) is 0 Å². The fraction of sp³-hybridized carbons (Fsp3) is 0.714. The van der Waals surface area contributed by atoms with Crippen LogP contribution in [-0.2, 0) is 14.3 Å². The Bertz CT molecular complexity index is 154. The van der Waals surface area contributed by atoms with Gasteiger partial charge in [-0.3, -0.25) is 0 Å². The molecule has 0 amide bonds. The first kappa shape index (κ1) is 15.3. The summed E-state index contributed by atoms with van der Waals surface area (Å²) in [6.07, 6.45) is -0.370. The summed E-state index contributed by atoms with van der Waals surface area (Å²) in [6, 6.07) is 0. The van der Waals surface area contributed by atoms with Gasteiger partial charge in [-0.15, -0.1) is 0 Å². The number of hydrogen-bond acceptors (Lipinski definition) is 5. The van der Waals surface area contributed by atoms with Gasteiger partial charge in [0.05, 0.1) is 12.7 Å². The van der Waals surface area contributed by atoms with E-state index in [1.165, 1.54) is 0 Å². The van der Waals surface area contributed by atoms with Crippen LogP contribution >= 0.6 is 0 Å². The highest BCUT2D eigenvalue weighted by molar-refractivity contribution is 6.27. The van der Waals surface area contributed by atoms with Crippen LogP contribution in [0.25, 0.3) is 0 Å². The van der Waals surface area contributed by atoms with E-state index in [2.05, 4.69) is 10.1 Å². The zero-order valence-electron chi connectivity index (χ0n) is 8.06. The molecule has 0 aromatic carbocycles. The van der Waals surface area contributed by atoms with E-state index >= 15 is 0 Å². The number of methoxy groups -OCH3 is 1. The molecule has 0 saturated heterocycles. The third kappa shape index (κ3) is 13.4. The van der Waals surface area contributed by atoms with Crippen LogP contribution in [0.2, 0.25) is 0 Å². The van der Waals surface area contributed by atoms with E-state index in [1.807, 2.05) is 0 Å². The second-order valence-electron chi connectivity index (χ2n) is 2.28. The van der Waals surface area contributed by atoms with Crippen LogP contribution in [0.5, 0.6) is 0 Å². The summed E-state index contributed by atoms with van der Waals surface area (Å²) in [5.41, 5.74) is 0. The molecule has 84 valence electrons. The Kier molecular flexibility index (Phi) is 10.8. The maximum atomic E-state index is 9.10. The van der Waals surface area contributed by atoms with Gasteiger partial charge in [0.1, 0.15) is 0 Å². The van der Waals surface area contributed by atoms with Crippen LogP contribution in [0.4, 0.5) is 0 Å². The Morgan fingerprint density at radius 3 is 2.00 bits per heavy atom. The molecule has 0 aliphatic heterocycles. The Hall–Kier alpha value is -1.18. The van der Waals surface area contributed by atoms with Crippen molar-refractivity contribution in [3.8, 4) is 0 Å². The van der Waals surface area contributed by atoms with E-state index in [0.717, 1.165) is 0 Å². The number of aliphatic carboxylic acids is 2. The summed E-state index contributed by atoms with van der Waals surface area (Å²) < 4.78 is 4.67. The number of carboxylic acids is 2. The van der Waals surface area contributed by atoms with Crippen molar-refractivity contribution < 1.29 is 29.6 Å². The van der Waals surface area contributed by atoms with Gasteiger partial charge in [-0.1, -0.05) is 0 Å². The van der Waals surface area contributed by atoms with E-state index in [1.54, 1.807) is 14.2 Å². The summed E-state index contributed by atoms with van der Waals surface area (Å²) >= 11 is 0. The highest BCUT2D eigenvalue weighted by Gasteiger charge is 2.04. The SMILES string of the molecule is CNCC(O)COC.O=C(O)C(=O)O. The zero-order valence-corrected chi connectivity index (χ0v) is 8.06. The summed E-state index contributed by atoms with van der Waals surface area (Å²) in [4.78, 5) is 18.2. The minimum Gasteiger partial charge on any atom is -0.473 e. The lowest BCUT2D eigenvalue weighted by Gasteiger charge is -2.06. The van der Waals surface area contributed by atoms with Crippen molar-refractivity contribution >= 4 is 11.9 Å². The first-order chi connectivity index (χ1) is 6.45. The second-order valence-corrected chi connectivity index (χ2v) is 2.28. The van der Waals surface area contributed by atoms with Crippen molar-refractivity contribution in [1.29, 1.82) is 0 Å². The molecular formula is C7H15NO6. The Labute approximate surface area is 81.3 Å². The normalized spacial score (nSPS) is 11.1. The van der Waals surface area contributed by atoms with Gasteiger partial charge in [0.2, 0.25) is 0 Å². The number of ether oxygens (including phenoxy) is 1. The first-order valence-electron chi connectivity index (χ1n) is 3.73. The fourth-order valence-electron chi connectivity index (χ4n) is 0.487. The molecule has 4 N–H and O–H groups in total. The predicted octanol–water partition coefficient (Wildman–Crippen LogP) is -1.63. The summed E-state index contributed by atoms with van der Waals surface area (Å²) in [5, 5.41) is 26.5. The topological polar surface area (TPSA) is 116 Å². The number of aliphatic hydroxyl groups is 1. The Morgan fingerprint density at radius 2 is 1.79 bits per heavy atom. The van der Waals surface area contributed by atoms with Crippen molar-refractivity contribution in [3.05, 3.63) is 0 Å². The monoisotopic (exact) mass is 209 g/mol. The lowest BCUT2D eigenvalue weighted by molar-refractivity contribution is -0.159. The zero-order chi connectivity index (χ0) is 11.6. The van der Waals surface area contributed by atoms with Crippen molar-refractivity contribution in [2.24, 2.45) is 0 Å². The number of likely N-dealkylation sites (N-methyl/N-ethyl adjacent to an activating group) is 1. The molecule has 7 heteroatoms. The summed E-state index contributed by atoms with van der Waals surface area (Å²) in [6.45, 7) is 0.995. The molecule has 0 rings (SSSR count). The van der Waals surface area contributed by atoms with Gasteiger partial charge in [0.25, 0.3) is 0 Å². The smallest absolute Gasteiger partial charge is 0.414 e. The molecule has 0 aromatic heterocycles. The third-order valence-corrected chi connectivity index (χ3v) is 0.982. The van der Waals surface area contributed by atoms with Gasteiger partial charge < -0.3 is 25.4 Å². The standard InChI is InChI=1S/C5H13NO2.C2H2O4/c1-6-3-5(7)4-8-2;3-1(4)2(5)6/h5-7H,3-4H2,1-2H3;(H,3,4)(H,5,6). The molecule has 0 aromatic rings. The van der Waals surface area contributed by atoms with E-state index in [4.69, 9.17) is 24.9 Å². The molecule has 1 unspecified atom stereocenters. The van der Waals surface area contributed by atoms with Crippen LogP contribution in [0.1, 0.15) is 0 Å². The van der Waals surface area contributed by atoms with Crippen molar-refractivity contribution in [1.82, 2.24) is 5.32 Å². The van der Waals surface area contributed by atoms with Gasteiger partial charge >= 0.3 is 11.9 Å². The molecule has 0 bridgehead atoms. The lowest BCUT2D eigenvalue weighted by atomic mass is 10.4. The quantitative estimate of drug-likeness (QED) is 0.411. The van der Waals surface area contributed by atoms with Gasteiger partial charge in [-0.2, -0.15) is 0 Å². The Balaban J connectivity index is 0. The maximum absolute atomic E-state index is 9.10. The number of rotatable bonds is 4. The van der Waals surface area contributed by atoms with E-state index < -0.39 is 11.9 Å². The van der Waals surface area contributed by atoms with Gasteiger partial charge in [0.15, 0.2) is 0 Å². The van der Waals surface area contributed by atoms with Gasteiger partial charge in [-0.25, -0.2) is 9.59 Å². The van der Waals surface area contributed by atoms with Crippen molar-refractivity contribution in [3.63, 3.8) is 0 Å². The highest BCUT2D eigenvalue weighted by atomic mass is 16.5. The van der Waals surface area contributed by atoms with Crippen LogP contribution < -0.4 is 5.32 Å². The number of nitrogens with one attached hydrogen (secondary N) is 1. The van der Waals surface area contributed by atoms with Crippen LogP contribution in [-0.4, -0.2) is 60.7 Å². The molecule has 7 nitrogen and oxygen atoms in total. The molecular weight excluding hydrogens is 194 g/mol. The molecule has 14 heavy (non-hydrogen) atoms. The van der Waals surface area contributed by atoms with Gasteiger partial charge in [-0.05, 0) is 7.05 Å². The number of carboxylic acid groups (broad SMARTS) is 2. The molecule has 0 heterocycles. The average molecular weight is 209 g/mol. The largest absolute Gasteiger partial charge is 0.473 e. The van der Waals surface area contributed by atoms with E-state index in [0.29, 0.717) is 13.2 Å². The minimum atomic E-state index is -1.82. The fourth-order valence-corrected chi connectivity index (χ4v) is 0.487. The van der Waals surface area contributed by atoms with Crippen LogP contribution in [0.3, 0.4) is 0 Å². The van der Waals surface area contributed by atoms with E-state index in [-0.39, 0.29) is 6.10 Å². The maximum Gasteiger partial charge on any atom is 0.414 e. The third-order valence-electron chi connectivity index (χ3n) is 0.982. The van der Waals surface area contributed by atoms with Crippen molar-refractivity contribution in [2.75, 3.05) is 27.3 Å². The number of aliphatic hydroxyl groups excluding tert-OH is 1. The highest BCUT2D eigenvalue weighted by Crippen LogP contribution is 1.78. The molecule has 1 atom stereocenters. The number of carbonyl (C=O) groups is 2. The number of hydrogen-bond donors (Lipinski definition) is 4. The second kappa shape index (κ2) is 9.90. The lowest BCUT2D eigenvalue weighted by Crippen LogP contribution is -2.27. The molecule has 0 radical (unpaired) electrons. The summed E-state index contributed by atoms with van der Waals surface area (Å²) in [5.74, 6) is -3.65. The molecule has 0 spiro atoms. The molecule has 0 fully saturated rings.